The molecule has 7 nitrogen and oxygen atoms in total. The number of carboxylic acids is 1. The Morgan fingerprint density at radius 2 is 2.03 bits per heavy atom. The normalized spacial score (nSPS) is 23.0. The van der Waals surface area contributed by atoms with Gasteiger partial charge in [-0.2, -0.15) is 0 Å². The number of fused-ring (bicyclic) bond motifs is 1. The monoisotopic (exact) mass is 468 g/mol. The summed E-state index contributed by atoms with van der Waals surface area (Å²) in [6.45, 7) is 0.436. The topological polar surface area (TPSA) is 105 Å². The molecule has 1 saturated heterocycles. The summed E-state index contributed by atoms with van der Waals surface area (Å²) in [5, 5.41) is 18.9. The third kappa shape index (κ3) is 4.62. The Morgan fingerprint density at radius 3 is 2.70 bits per heavy atom. The van der Waals surface area contributed by atoms with Crippen LogP contribution in [0.15, 0.2) is 42.5 Å². The minimum absolute atomic E-state index is 0.00792. The summed E-state index contributed by atoms with van der Waals surface area (Å²) in [4.78, 5) is 19.1. The summed E-state index contributed by atoms with van der Waals surface area (Å²) in [5.74, 6) is -0.409. The van der Waals surface area contributed by atoms with E-state index in [2.05, 4.69) is 4.98 Å². The average Bonchev–Trinajstić information content (AvgIpc) is 3.44. The first-order chi connectivity index (χ1) is 16.0. The zero-order valence-electron chi connectivity index (χ0n) is 18.0. The fraction of sp³-hybridized carbons (Fsp3) is 0.360. The molecule has 3 aromatic rings. The molecule has 172 valence electrons. The van der Waals surface area contributed by atoms with Crippen LogP contribution in [0.1, 0.15) is 31.2 Å². The predicted molar refractivity (Wildman–Crippen MR) is 125 cm³/mol. The van der Waals surface area contributed by atoms with Gasteiger partial charge in [0, 0.05) is 18.1 Å². The molecule has 1 aromatic carbocycles. The second-order valence-corrected chi connectivity index (χ2v) is 9.02. The predicted octanol–water partition coefficient (Wildman–Crippen LogP) is 4.68. The maximum Gasteiger partial charge on any atom is 0.306 e. The third-order valence-corrected chi connectivity index (χ3v) is 6.65. The van der Waals surface area contributed by atoms with Gasteiger partial charge >= 0.3 is 5.97 Å². The van der Waals surface area contributed by atoms with E-state index in [1.807, 2.05) is 42.5 Å². The van der Waals surface area contributed by atoms with E-state index in [0.717, 1.165) is 28.6 Å². The number of aromatic nitrogens is 2. The van der Waals surface area contributed by atoms with Crippen molar-refractivity contribution in [1.82, 2.24) is 9.97 Å². The maximum atomic E-state index is 11.2. The number of aromatic amines is 1. The molecular formula is C25H25ClN2O5. The Balaban J connectivity index is 1.34. The molecule has 3 atom stereocenters. The number of hydrogen-bond donors (Lipinski definition) is 3. The standard InChI is InChI=1S/C25H25ClN2O5/c26-20-10-21-22(11-23(27-21)33-19-9-18(12-29)32-13-19)28-24(20)16-5-1-14(2-6-16)15-3-7-17(8-4-15)25(30)31/h1-3,5-6,10-11,17-19,27,29H,4,7-9,12-13H2,(H,30,31)/t17?,18-,19?/m0/s1. The number of halogens is 1. The molecule has 0 amide bonds. The number of pyridine rings is 1. The molecule has 1 aliphatic heterocycles. The molecule has 1 fully saturated rings. The van der Waals surface area contributed by atoms with Crippen LogP contribution in [-0.4, -0.2) is 51.6 Å². The first-order valence-corrected chi connectivity index (χ1v) is 11.5. The zero-order chi connectivity index (χ0) is 22.9. The maximum absolute atomic E-state index is 11.2. The van der Waals surface area contributed by atoms with Crippen LogP contribution >= 0.6 is 11.6 Å². The van der Waals surface area contributed by atoms with Gasteiger partial charge in [0.1, 0.15) is 6.10 Å². The van der Waals surface area contributed by atoms with E-state index < -0.39 is 5.97 Å². The minimum Gasteiger partial charge on any atom is -0.481 e. The van der Waals surface area contributed by atoms with Gasteiger partial charge in [-0.1, -0.05) is 41.9 Å². The van der Waals surface area contributed by atoms with Crippen molar-refractivity contribution >= 4 is 34.2 Å². The largest absolute Gasteiger partial charge is 0.481 e. The number of carbonyl (C=O) groups is 1. The molecule has 0 saturated carbocycles. The number of aliphatic hydroxyl groups excluding tert-OH is 1. The summed E-state index contributed by atoms with van der Waals surface area (Å²) in [6, 6.07) is 11.8. The molecule has 1 aliphatic carbocycles. The van der Waals surface area contributed by atoms with Gasteiger partial charge in [-0.15, -0.1) is 0 Å². The molecule has 3 heterocycles. The number of nitrogens with zero attached hydrogens (tertiary/aromatic N) is 1. The van der Waals surface area contributed by atoms with Crippen LogP contribution in [0.4, 0.5) is 0 Å². The van der Waals surface area contributed by atoms with Crippen molar-refractivity contribution in [3.8, 4) is 17.1 Å². The van der Waals surface area contributed by atoms with Crippen molar-refractivity contribution in [2.75, 3.05) is 13.2 Å². The van der Waals surface area contributed by atoms with E-state index in [9.17, 15) is 15.0 Å². The minimum atomic E-state index is -0.721. The van der Waals surface area contributed by atoms with Crippen LogP contribution in [0, 0.1) is 5.92 Å². The van der Waals surface area contributed by atoms with Gasteiger partial charge in [0.2, 0.25) is 0 Å². The first-order valence-electron chi connectivity index (χ1n) is 11.1. The number of aliphatic hydroxyl groups is 1. The van der Waals surface area contributed by atoms with Crippen LogP contribution < -0.4 is 4.74 Å². The van der Waals surface area contributed by atoms with E-state index in [-0.39, 0.29) is 24.7 Å². The van der Waals surface area contributed by atoms with Crippen molar-refractivity contribution in [3.63, 3.8) is 0 Å². The number of carboxylic acid groups (broad SMARTS) is 1. The number of aliphatic carboxylic acids is 1. The highest BCUT2D eigenvalue weighted by Crippen LogP contribution is 2.34. The summed E-state index contributed by atoms with van der Waals surface area (Å²) in [7, 11) is 0. The average molecular weight is 469 g/mol. The van der Waals surface area contributed by atoms with Crippen LogP contribution in [0.5, 0.6) is 5.88 Å². The molecule has 33 heavy (non-hydrogen) atoms. The summed E-state index contributed by atoms with van der Waals surface area (Å²) in [6.07, 6.45) is 4.39. The molecule has 0 spiro atoms. The molecule has 2 aliphatic rings. The smallest absolute Gasteiger partial charge is 0.306 e. The van der Waals surface area contributed by atoms with Crippen molar-refractivity contribution in [2.24, 2.45) is 5.92 Å². The van der Waals surface area contributed by atoms with E-state index in [4.69, 9.17) is 26.1 Å². The Bertz CT molecular complexity index is 1200. The highest BCUT2D eigenvalue weighted by molar-refractivity contribution is 6.33. The van der Waals surface area contributed by atoms with Gasteiger partial charge in [-0.05, 0) is 36.5 Å². The lowest BCUT2D eigenvalue weighted by atomic mass is 9.86. The number of benzene rings is 1. The van der Waals surface area contributed by atoms with Gasteiger partial charge in [0.25, 0.3) is 0 Å². The van der Waals surface area contributed by atoms with Crippen LogP contribution in [0.3, 0.4) is 0 Å². The fourth-order valence-corrected chi connectivity index (χ4v) is 4.76. The van der Waals surface area contributed by atoms with Crippen LogP contribution in [0.25, 0.3) is 27.9 Å². The number of rotatable bonds is 6. The molecule has 2 aromatic heterocycles. The summed E-state index contributed by atoms with van der Waals surface area (Å²) >= 11 is 6.55. The molecule has 0 bridgehead atoms. The van der Waals surface area contributed by atoms with Crippen molar-refractivity contribution in [3.05, 3.63) is 53.1 Å². The second kappa shape index (κ2) is 9.17. The molecule has 3 N–H and O–H groups in total. The Morgan fingerprint density at radius 1 is 1.24 bits per heavy atom. The van der Waals surface area contributed by atoms with E-state index in [0.29, 0.717) is 42.5 Å². The zero-order valence-corrected chi connectivity index (χ0v) is 18.7. The first kappa shape index (κ1) is 21.9. The number of hydrogen-bond acceptors (Lipinski definition) is 5. The fourth-order valence-electron chi connectivity index (χ4n) is 4.50. The van der Waals surface area contributed by atoms with Gasteiger partial charge < -0.3 is 24.7 Å². The SMILES string of the molecule is O=C(O)C1CC=C(c2ccc(-c3nc4cc(OC5CO[C@H](CO)C5)[nH]c4cc3Cl)cc2)CC1. The number of ether oxygens (including phenoxy) is 2. The molecule has 8 heteroatoms. The molecule has 0 radical (unpaired) electrons. The van der Waals surface area contributed by atoms with Gasteiger partial charge in [-0.3, -0.25) is 4.79 Å². The van der Waals surface area contributed by atoms with Gasteiger partial charge in [-0.25, -0.2) is 4.98 Å². The summed E-state index contributed by atoms with van der Waals surface area (Å²) < 4.78 is 11.4. The highest BCUT2D eigenvalue weighted by Gasteiger charge is 2.27. The number of allylic oxidation sites excluding steroid dienone is 2. The molecule has 5 rings (SSSR count). The lowest BCUT2D eigenvalue weighted by Crippen LogP contribution is -2.17. The van der Waals surface area contributed by atoms with E-state index in [1.165, 1.54) is 5.57 Å². The van der Waals surface area contributed by atoms with Crippen molar-refractivity contribution < 1.29 is 24.5 Å². The van der Waals surface area contributed by atoms with Crippen molar-refractivity contribution in [2.45, 2.75) is 37.9 Å². The lowest BCUT2D eigenvalue weighted by molar-refractivity contribution is -0.141. The second-order valence-electron chi connectivity index (χ2n) is 8.61. The third-order valence-electron chi connectivity index (χ3n) is 6.36. The van der Waals surface area contributed by atoms with E-state index in [1.54, 1.807) is 0 Å². The summed E-state index contributed by atoms with van der Waals surface area (Å²) in [5.41, 5.74) is 5.41. The number of H-pyrrole nitrogens is 1. The van der Waals surface area contributed by atoms with E-state index >= 15 is 0 Å². The molecule has 2 unspecified atom stereocenters. The van der Waals surface area contributed by atoms with Crippen LogP contribution in [0.2, 0.25) is 5.02 Å². The lowest BCUT2D eigenvalue weighted by Gasteiger charge is -2.19. The Hall–Kier alpha value is -2.87. The Kier molecular flexibility index (Phi) is 6.10. The Labute approximate surface area is 196 Å². The van der Waals surface area contributed by atoms with Crippen molar-refractivity contribution in [1.29, 1.82) is 0 Å². The van der Waals surface area contributed by atoms with Gasteiger partial charge in [0.05, 0.1) is 47.0 Å². The molecular weight excluding hydrogens is 444 g/mol. The van der Waals surface area contributed by atoms with Gasteiger partial charge in [0.15, 0.2) is 5.88 Å². The highest BCUT2D eigenvalue weighted by atomic mass is 35.5. The van der Waals surface area contributed by atoms with Crippen LogP contribution in [-0.2, 0) is 9.53 Å². The quantitative estimate of drug-likeness (QED) is 0.485. The number of nitrogens with one attached hydrogen (secondary N) is 1.